The van der Waals surface area contributed by atoms with Crippen molar-refractivity contribution in [2.45, 2.75) is 6.92 Å². The van der Waals surface area contributed by atoms with Crippen molar-refractivity contribution >= 4 is 33.2 Å². The van der Waals surface area contributed by atoms with Gasteiger partial charge >= 0.3 is 0 Å². The molecule has 4 nitrogen and oxygen atoms in total. The third-order valence-electron chi connectivity index (χ3n) is 4.61. The number of rotatable bonds is 3. The number of carbonyl (C=O) groups excluding carboxylic acids is 1. The molecule has 1 amide bonds. The third kappa shape index (κ3) is 3.25. The predicted octanol–water partition coefficient (Wildman–Crippen LogP) is 4.85. The zero-order valence-corrected chi connectivity index (χ0v) is 14.8. The molecule has 0 aliphatic heterocycles. The number of amides is 1. The molecule has 0 aliphatic carbocycles. The van der Waals surface area contributed by atoms with E-state index >= 15 is 0 Å². The van der Waals surface area contributed by atoms with Crippen molar-refractivity contribution in [2.75, 3.05) is 0 Å². The van der Waals surface area contributed by atoms with E-state index in [0.717, 1.165) is 27.1 Å². The summed E-state index contributed by atoms with van der Waals surface area (Å²) in [5, 5.41) is 18.4. The summed E-state index contributed by atoms with van der Waals surface area (Å²) in [6.07, 6.45) is 0. The monoisotopic (exact) mass is 354 g/mol. The molecule has 4 heteroatoms. The van der Waals surface area contributed by atoms with Crippen LogP contribution in [0.2, 0.25) is 0 Å². The van der Waals surface area contributed by atoms with Gasteiger partial charge in [-0.25, -0.2) is 5.43 Å². The first kappa shape index (κ1) is 16.8. The van der Waals surface area contributed by atoms with Gasteiger partial charge in [0.05, 0.1) is 11.3 Å². The summed E-state index contributed by atoms with van der Waals surface area (Å²) < 4.78 is 0. The molecule has 132 valence electrons. The van der Waals surface area contributed by atoms with Crippen molar-refractivity contribution in [3.8, 4) is 5.75 Å². The van der Waals surface area contributed by atoms with Gasteiger partial charge in [0, 0.05) is 5.56 Å². The van der Waals surface area contributed by atoms with Gasteiger partial charge in [0.2, 0.25) is 0 Å². The van der Waals surface area contributed by atoms with Gasteiger partial charge in [-0.15, -0.1) is 0 Å². The number of phenols is 1. The highest BCUT2D eigenvalue weighted by atomic mass is 16.3. The highest BCUT2D eigenvalue weighted by Crippen LogP contribution is 2.25. The lowest BCUT2D eigenvalue weighted by atomic mass is 10.0. The second kappa shape index (κ2) is 6.92. The highest BCUT2D eigenvalue weighted by molar-refractivity contribution is 6.10. The molecule has 0 bridgehead atoms. The Morgan fingerprint density at radius 2 is 1.44 bits per heavy atom. The number of nitrogens with one attached hydrogen (secondary N) is 1. The lowest BCUT2D eigenvalue weighted by molar-refractivity contribution is 0.0952. The van der Waals surface area contributed by atoms with Gasteiger partial charge in [0.15, 0.2) is 0 Å². The number of benzene rings is 4. The fourth-order valence-electron chi connectivity index (χ4n) is 3.21. The lowest BCUT2D eigenvalue weighted by Crippen LogP contribution is -2.19. The maximum atomic E-state index is 12.5. The molecular formula is C23H18N2O2. The topological polar surface area (TPSA) is 61.7 Å². The van der Waals surface area contributed by atoms with E-state index in [2.05, 4.69) is 10.5 Å². The van der Waals surface area contributed by atoms with Gasteiger partial charge in [0.1, 0.15) is 5.75 Å². The predicted molar refractivity (Wildman–Crippen MR) is 109 cm³/mol. The number of hydrazone groups is 1. The number of phenolic OH excluding ortho intramolecular Hbond substituents is 1. The van der Waals surface area contributed by atoms with E-state index in [1.165, 1.54) is 0 Å². The van der Waals surface area contributed by atoms with Crippen LogP contribution in [0.4, 0.5) is 0 Å². The number of nitrogens with zero attached hydrogens (tertiary/aromatic N) is 1. The van der Waals surface area contributed by atoms with Crippen molar-refractivity contribution in [3.63, 3.8) is 0 Å². The Labute approximate surface area is 156 Å². The van der Waals surface area contributed by atoms with Crippen molar-refractivity contribution < 1.29 is 9.90 Å². The zero-order chi connectivity index (χ0) is 18.8. The van der Waals surface area contributed by atoms with Gasteiger partial charge < -0.3 is 5.11 Å². The summed E-state index contributed by atoms with van der Waals surface area (Å²) in [5.74, 6) is -0.512. The van der Waals surface area contributed by atoms with Crippen LogP contribution in [0.3, 0.4) is 0 Å². The maximum Gasteiger partial charge on any atom is 0.275 e. The minimum absolute atomic E-state index is 0.0655. The van der Waals surface area contributed by atoms with Crippen LogP contribution >= 0.6 is 0 Å². The molecule has 4 rings (SSSR count). The van der Waals surface area contributed by atoms with Crippen LogP contribution in [-0.4, -0.2) is 16.7 Å². The van der Waals surface area contributed by atoms with Gasteiger partial charge in [-0.1, -0.05) is 66.7 Å². The molecule has 0 radical (unpaired) electrons. The molecule has 0 saturated carbocycles. The molecular weight excluding hydrogens is 336 g/mol. The first-order valence-corrected chi connectivity index (χ1v) is 8.68. The highest BCUT2D eigenvalue weighted by Gasteiger charge is 2.12. The van der Waals surface area contributed by atoms with E-state index < -0.39 is 5.91 Å². The third-order valence-corrected chi connectivity index (χ3v) is 4.61. The number of aromatic hydroxyl groups is 1. The van der Waals surface area contributed by atoms with Crippen LogP contribution in [0, 0.1) is 0 Å². The lowest BCUT2D eigenvalue weighted by Gasteiger charge is -2.08. The van der Waals surface area contributed by atoms with Crippen molar-refractivity contribution in [1.29, 1.82) is 0 Å². The van der Waals surface area contributed by atoms with Crippen LogP contribution in [0.15, 0.2) is 84.0 Å². The fourth-order valence-corrected chi connectivity index (χ4v) is 3.21. The van der Waals surface area contributed by atoms with E-state index in [1.807, 2.05) is 73.7 Å². The largest absolute Gasteiger partial charge is 0.507 e. The first-order valence-electron chi connectivity index (χ1n) is 8.68. The number of hydrogen-bond acceptors (Lipinski definition) is 3. The number of fused-ring (bicyclic) bond motifs is 2. The summed E-state index contributed by atoms with van der Waals surface area (Å²) in [6, 6.07) is 24.8. The Morgan fingerprint density at radius 1 is 0.815 bits per heavy atom. The van der Waals surface area contributed by atoms with Crippen LogP contribution < -0.4 is 5.43 Å². The fraction of sp³-hybridized carbons (Fsp3) is 0.0435. The normalized spacial score (nSPS) is 11.7. The van der Waals surface area contributed by atoms with E-state index in [-0.39, 0.29) is 11.3 Å². The Kier molecular flexibility index (Phi) is 4.30. The van der Waals surface area contributed by atoms with Crippen LogP contribution in [0.1, 0.15) is 22.8 Å². The summed E-state index contributed by atoms with van der Waals surface area (Å²) in [6.45, 7) is 1.85. The minimum Gasteiger partial charge on any atom is -0.507 e. The van der Waals surface area contributed by atoms with Gasteiger partial charge in [-0.2, -0.15) is 5.10 Å². The van der Waals surface area contributed by atoms with Gasteiger partial charge in [0.25, 0.3) is 5.91 Å². The van der Waals surface area contributed by atoms with E-state index in [0.29, 0.717) is 5.71 Å². The SMILES string of the molecule is C/C(=N\NC(=O)c1cc2ccccc2cc1O)c1cccc2ccccc12. The molecule has 0 spiro atoms. The molecule has 0 atom stereocenters. The molecule has 0 unspecified atom stereocenters. The molecule has 0 fully saturated rings. The Morgan fingerprint density at radius 3 is 2.22 bits per heavy atom. The maximum absolute atomic E-state index is 12.5. The molecule has 2 N–H and O–H groups in total. The first-order chi connectivity index (χ1) is 13.1. The molecule has 0 heterocycles. The molecule has 0 saturated heterocycles. The summed E-state index contributed by atoms with van der Waals surface area (Å²) in [4.78, 5) is 12.5. The molecule has 4 aromatic rings. The minimum atomic E-state index is -0.446. The van der Waals surface area contributed by atoms with E-state index in [1.54, 1.807) is 12.1 Å². The molecule has 0 aliphatic rings. The van der Waals surface area contributed by atoms with Crippen molar-refractivity contribution in [1.82, 2.24) is 5.43 Å². The van der Waals surface area contributed by atoms with E-state index in [9.17, 15) is 9.90 Å². The molecule has 4 aromatic carbocycles. The summed E-state index contributed by atoms with van der Waals surface area (Å²) in [7, 11) is 0. The van der Waals surface area contributed by atoms with Gasteiger partial charge in [-0.3, -0.25) is 4.79 Å². The Balaban J connectivity index is 1.64. The quantitative estimate of drug-likeness (QED) is 0.408. The molecule has 27 heavy (non-hydrogen) atoms. The average molecular weight is 354 g/mol. The molecule has 0 aromatic heterocycles. The number of carbonyl (C=O) groups is 1. The Hall–Kier alpha value is -3.66. The summed E-state index contributed by atoms with van der Waals surface area (Å²) >= 11 is 0. The zero-order valence-electron chi connectivity index (χ0n) is 14.8. The average Bonchev–Trinajstić information content (AvgIpc) is 2.70. The van der Waals surface area contributed by atoms with Crippen LogP contribution in [-0.2, 0) is 0 Å². The van der Waals surface area contributed by atoms with Crippen LogP contribution in [0.25, 0.3) is 21.5 Å². The van der Waals surface area contributed by atoms with Crippen molar-refractivity contribution in [3.05, 3.63) is 90.0 Å². The smallest absolute Gasteiger partial charge is 0.275 e. The summed E-state index contributed by atoms with van der Waals surface area (Å²) in [5.41, 5.74) is 4.40. The number of hydrogen-bond donors (Lipinski definition) is 2. The van der Waals surface area contributed by atoms with E-state index in [4.69, 9.17) is 0 Å². The Bertz CT molecular complexity index is 1190. The second-order valence-corrected chi connectivity index (χ2v) is 6.38. The standard InChI is InChI=1S/C23H18N2O2/c1-15(19-12-6-10-16-7-4-5-11-20(16)19)24-25-23(27)21-13-17-8-2-3-9-18(17)14-22(21)26/h2-14,26H,1H3,(H,25,27)/b24-15+. The van der Waals surface area contributed by atoms with Crippen molar-refractivity contribution in [2.24, 2.45) is 5.10 Å². The van der Waals surface area contributed by atoms with Gasteiger partial charge in [-0.05, 0) is 40.6 Å². The second-order valence-electron chi connectivity index (χ2n) is 6.38. The van der Waals surface area contributed by atoms with Crippen LogP contribution in [0.5, 0.6) is 5.75 Å².